The van der Waals surface area contributed by atoms with Gasteiger partial charge in [-0.2, -0.15) is 0 Å². The summed E-state index contributed by atoms with van der Waals surface area (Å²) < 4.78 is 5.66. The number of hydrogen-bond acceptors (Lipinski definition) is 3. The Kier molecular flexibility index (Phi) is 7.28. The molecule has 154 valence electrons. The lowest BCUT2D eigenvalue weighted by Gasteiger charge is -2.34. The molecule has 5 nitrogen and oxygen atoms in total. The van der Waals surface area contributed by atoms with E-state index in [4.69, 9.17) is 4.74 Å². The molecule has 0 aliphatic carbocycles. The van der Waals surface area contributed by atoms with Crippen molar-refractivity contribution >= 4 is 11.8 Å². The van der Waals surface area contributed by atoms with Crippen molar-refractivity contribution in [1.82, 2.24) is 9.80 Å². The number of benzene rings is 2. The van der Waals surface area contributed by atoms with Gasteiger partial charge in [-0.1, -0.05) is 49.4 Å². The Morgan fingerprint density at radius 1 is 0.862 bits per heavy atom. The average Bonchev–Trinajstić information content (AvgIpc) is 2.77. The van der Waals surface area contributed by atoms with Gasteiger partial charge in [0.2, 0.25) is 5.91 Å². The number of carbonyl (C=O) groups excluding carboxylic acids is 2. The minimum atomic E-state index is -0.0311. The zero-order valence-electron chi connectivity index (χ0n) is 17.4. The number of ether oxygens (including phenoxy) is 1. The van der Waals surface area contributed by atoms with Gasteiger partial charge in [0.1, 0.15) is 5.75 Å². The van der Waals surface area contributed by atoms with Crippen LogP contribution in [0.4, 0.5) is 0 Å². The molecule has 0 saturated carbocycles. The van der Waals surface area contributed by atoms with Gasteiger partial charge < -0.3 is 14.5 Å². The van der Waals surface area contributed by atoms with E-state index in [1.165, 1.54) is 11.1 Å². The summed E-state index contributed by atoms with van der Waals surface area (Å²) in [4.78, 5) is 28.6. The number of nitrogens with zero attached hydrogens (tertiary/aromatic N) is 2. The number of para-hydroxylation sites is 1. The molecule has 0 spiro atoms. The Bertz CT molecular complexity index is 824. The second-order valence-electron chi connectivity index (χ2n) is 7.49. The van der Waals surface area contributed by atoms with Crippen molar-refractivity contribution in [1.29, 1.82) is 0 Å². The lowest BCUT2D eigenvalue weighted by atomic mass is 10.1. The minimum absolute atomic E-state index is 0.0311. The lowest BCUT2D eigenvalue weighted by molar-refractivity contribution is -0.140. The van der Waals surface area contributed by atoms with Gasteiger partial charge in [-0.25, -0.2) is 0 Å². The van der Waals surface area contributed by atoms with Gasteiger partial charge in [0.25, 0.3) is 5.91 Å². The summed E-state index contributed by atoms with van der Waals surface area (Å²) in [5.41, 5.74) is 3.52. The summed E-state index contributed by atoms with van der Waals surface area (Å²) in [7, 11) is 0. The first-order valence-electron chi connectivity index (χ1n) is 10.4. The molecule has 2 aromatic rings. The summed E-state index contributed by atoms with van der Waals surface area (Å²) in [6.45, 7) is 6.43. The topological polar surface area (TPSA) is 49.9 Å². The minimum Gasteiger partial charge on any atom is -0.484 e. The first kappa shape index (κ1) is 20.9. The molecule has 0 N–H and O–H groups in total. The Morgan fingerprint density at radius 2 is 1.45 bits per heavy atom. The van der Waals surface area contributed by atoms with Gasteiger partial charge in [-0.15, -0.1) is 0 Å². The zero-order chi connectivity index (χ0) is 20.6. The highest BCUT2D eigenvalue weighted by molar-refractivity contribution is 5.79. The Morgan fingerprint density at radius 3 is 2.07 bits per heavy atom. The molecule has 29 heavy (non-hydrogen) atoms. The van der Waals surface area contributed by atoms with E-state index in [0.717, 1.165) is 24.2 Å². The van der Waals surface area contributed by atoms with Crippen LogP contribution >= 0.6 is 0 Å². The third-order valence-electron chi connectivity index (χ3n) is 5.49. The number of aryl methyl sites for hydroxylation is 3. The molecule has 1 saturated heterocycles. The highest BCUT2D eigenvalue weighted by Gasteiger charge is 2.24. The van der Waals surface area contributed by atoms with E-state index in [-0.39, 0.29) is 18.4 Å². The maximum atomic E-state index is 12.5. The summed E-state index contributed by atoms with van der Waals surface area (Å²) in [5, 5.41) is 0. The normalized spacial score (nSPS) is 14.0. The standard InChI is InChI=1S/C24H30N2O3/c1-3-20-8-10-21(11-9-20)12-13-23(27)25-14-16-26(17-15-25)24(28)18-29-22-7-5-4-6-19(22)2/h4-11H,3,12-18H2,1-2H3. The van der Waals surface area contributed by atoms with Crippen molar-refractivity contribution in [2.75, 3.05) is 32.8 Å². The highest BCUT2D eigenvalue weighted by atomic mass is 16.5. The molecule has 1 fully saturated rings. The molecule has 0 bridgehead atoms. The summed E-state index contributed by atoms with van der Waals surface area (Å²) >= 11 is 0. The van der Waals surface area contributed by atoms with E-state index in [2.05, 4.69) is 31.2 Å². The van der Waals surface area contributed by atoms with Crippen LogP contribution in [0, 0.1) is 6.92 Å². The number of hydrogen-bond donors (Lipinski definition) is 0. The fourth-order valence-electron chi connectivity index (χ4n) is 3.51. The van der Waals surface area contributed by atoms with Crippen molar-refractivity contribution in [2.45, 2.75) is 33.1 Å². The van der Waals surface area contributed by atoms with Crippen LogP contribution in [0.15, 0.2) is 48.5 Å². The van der Waals surface area contributed by atoms with Gasteiger partial charge in [-0.3, -0.25) is 9.59 Å². The smallest absolute Gasteiger partial charge is 0.260 e. The second kappa shape index (κ2) is 10.1. The van der Waals surface area contributed by atoms with Gasteiger partial charge in [0.15, 0.2) is 6.61 Å². The molecular formula is C24H30N2O3. The second-order valence-corrected chi connectivity index (χ2v) is 7.49. The van der Waals surface area contributed by atoms with E-state index in [0.29, 0.717) is 32.6 Å². The van der Waals surface area contributed by atoms with E-state index in [1.807, 2.05) is 36.1 Å². The van der Waals surface area contributed by atoms with Crippen molar-refractivity contribution in [3.8, 4) is 5.75 Å². The number of amides is 2. The maximum absolute atomic E-state index is 12.5. The van der Waals surface area contributed by atoms with Crippen LogP contribution in [-0.2, 0) is 22.4 Å². The molecule has 0 radical (unpaired) electrons. The van der Waals surface area contributed by atoms with Crippen molar-refractivity contribution in [3.05, 3.63) is 65.2 Å². The van der Waals surface area contributed by atoms with E-state index in [1.54, 1.807) is 4.90 Å². The highest BCUT2D eigenvalue weighted by Crippen LogP contribution is 2.16. The number of piperazine rings is 1. The maximum Gasteiger partial charge on any atom is 0.260 e. The Hall–Kier alpha value is -2.82. The average molecular weight is 395 g/mol. The number of rotatable bonds is 7. The molecule has 5 heteroatoms. The molecule has 1 aliphatic rings. The predicted molar refractivity (Wildman–Crippen MR) is 114 cm³/mol. The van der Waals surface area contributed by atoms with Gasteiger partial charge in [-0.05, 0) is 42.5 Å². The largest absolute Gasteiger partial charge is 0.484 e. The van der Waals surface area contributed by atoms with Crippen LogP contribution < -0.4 is 4.74 Å². The van der Waals surface area contributed by atoms with E-state index < -0.39 is 0 Å². The molecule has 1 heterocycles. The monoisotopic (exact) mass is 394 g/mol. The molecule has 0 atom stereocenters. The molecule has 2 amide bonds. The molecule has 2 aromatic carbocycles. The Balaban J connectivity index is 1.40. The molecule has 0 unspecified atom stereocenters. The SMILES string of the molecule is CCc1ccc(CCC(=O)N2CCN(C(=O)COc3ccccc3C)CC2)cc1. The van der Waals surface area contributed by atoms with E-state index in [9.17, 15) is 9.59 Å². The Labute approximate surface area is 173 Å². The van der Waals surface area contributed by atoms with Gasteiger partial charge >= 0.3 is 0 Å². The number of carbonyl (C=O) groups is 2. The third-order valence-corrected chi connectivity index (χ3v) is 5.49. The summed E-state index contributed by atoms with van der Waals surface area (Å²) in [6.07, 6.45) is 2.29. The zero-order valence-corrected chi connectivity index (χ0v) is 17.4. The van der Waals surface area contributed by atoms with Crippen LogP contribution in [0.25, 0.3) is 0 Å². The molecular weight excluding hydrogens is 364 g/mol. The summed E-state index contributed by atoms with van der Waals surface area (Å²) in [6, 6.07) is 16.1. The van der Waals surface area contributed by atoms with Crippen LogP contribution in [0.2, 0.25) is 0 Å². The first-order valence-corrected chi connectivity index (χ1v) is 10.4. The van der Waals surface area contributed by atoms with Crippen molar-refractivity contribution in [2.24, 2.45) is 0 Å². The lowest BCUT2D eigenvalue weighted by Crippen LogP contribution is -2.51. The van der Waals surface area contributed by atoms with Crippen molar-refractivity contribution in [3.63, 3.8) is 0 Å². The first-order chi connectivity index (χ1) is 14.1. The molecule has 1 aliphatic heterocycles. The molecule has 0 aromatic heterocycles. The predicted octanol–water partition coefficient (Wildman–Crippen LogP) is 3.24. The molecule has 3 rings (SSSR count). The van der Waals surface area contributed by atoms with Crippen LogP contribution in [0.5, 0.6) is 5.75 Å². The van der Waals surface area contributed by atoms with Crippen LogP contribution in [0.1, 0.15) is 30.0 Å². The van der Waals surface area contributed by atoms with Gasteiger partial charge in [0.05, 0.1) is 0 Å². The van der Waals surface area contributed by atoms with Crippen LogP contribution in [0.3, 0.4) is 0 Å². The summed E-state index contributed by atoms with van der Waals surface area (Å²) in [5.74, 6) is 0.867. The fraction of sp³-hybridized carbons (Fsp3) is 0.417. The van der Waals surface area contributed by atoms with Crippen LogP contribution in [-0.4, -0.2) is 54.4 Å². The van der Waals surface area contributed by atoms with Crippen molar-refractivity contribution < 1.29 is 14.3 Å². The fourth-order valence-corrected chi connectivity index (χ4v) is 3.51. The van der Waals surface area contributed by atoms with Gasteiger partial charge in [0, 0.05) is 32.6 Å². The quantitative estimate of drug-likeness (QED) is 0.724. The van der Waals surface area contributed by atoms with E-state index >= 15 is 0 Å². The third kappa shape index (κ3) is 5.83.